The zero-order chi connectivity index (χ0) is 11.9. The van der Waals surface area contributed by atoms with Gasteiger partial charge in [-0.1, -0.05) is 42.5 Å². The van der Waals surface area contributed by atoms with E-state index in [0.717, 1.165) is 16.8 Å². The molecule has 17 heavy (non-hydrogen) atoms. The molecule has 0 atom stereocenters. The van der Waals surface area contributed by atoms with Gasteiger partial charge in [-0.15, -0.1) is 0 Å². The van der Waals surface area contributed by atoms with Crippen molar-refractivity contribution in [3.8, 4) is 0 Å². The first-order chi connectivity index (χ1) is 8.34. The zero-order valence-corrected chi connectivity index (χ0v) is 10.9. The van der Waals surface area contributed by atoms with Crippen molar-refractivity contribution in [3.05, 3.63) is 64.8 Å². The fraction of sp³-hybridized carbons (Fsp3) is 0.0714. The first-order valence-electron chi connectivity index (χ1n) is 5.41. The molecule has 0 saturated heterocycles. The number of hydrogen-bond acceptors (Lipinski definition) is 2. The van der Waals surface area contributed by atoms with Crippen molar-refractivity contribution in [3.63, 3.8) is 0 Å². The molecular weight excluding hydrogens is 276 g/mol. The lowest BCUT2D eigenvalue weighted by atomic mass is 10.2. The monoisotopic (exact) mass is 288 g/mol. The lowest BCUT2D eigenvalue weighted by Gasteiger charge is -2.01. The second-order valence-electron chi connectivity index (χ2n) is 3.56. The number of benzene rings is 1. The summed E-state index contributed by atoms with van der Waals surface area (Å²) in [5.41, 5.74) is 1.21. The molecule has 3 heteroatoms. The first kappa shape index (κ1) is 11.9. The van der Waals surface area contributed by atoms with Gasteiger partial charge in [0.05, 0.1) is 0 Å². The normalized spacial score (nSPS) is 10.6. The molecule has 0 aliphatic carbocycles. The van der Waals surface area contributed by atoms with Crippen LogP contribution in [0.5, 0.6) is 0 Å². The summed E-state index contributed by atoms with van der Waals surface area (Å²) in [5, 5.41) is 3.22. The number of nitrogens with zero attached hydrogens (tertiary/aromatic N) is 1. The number of rotatable bonds is 4. The molecule has 1 N–H and O–H groups in total. The summed E-state index contributed by atoms with van der Waals surface area (Å²) in [6.07, 6.45) is 5.95. The van der Waals surface area contributed by atoms with E-state index in [4.69, 9.17) is 0 Å². The van der Waals surface area contributed by atoms with Gasteiger partial charge in [0.1, 0.15) is 5.82 Å². The summed E-state index contributed by atoms with van der Waals surface area (Å²) in [5.74, 6) is 0.880. The van der Waals surface area contributed by atoms with Crippen molar-refractivity contribution in [1.29, 1.82) is 0 Å². The Morgan fingerprint density at radius 1 is 1.12 bits per heavy atom. The van der Waals surface area contributed by atoms with Crippen molar-refractivity contribution in [2.75, 3.05) is 11.9 Å². The molecule has 1 heterocycles. The standard InChI is InChI=1S/C14H13BrN2/c15-13-8-9-14(17-11-13)16-10-4-7-12-5-2-1-3-6-12/h1-9,11H,10H2,(H,16,17)/b7-4+. The smallest absolute Gasteiger partial charge is 0.126 e. The first-order valence-corrected chi connectivity index (χ1v) is 6.21. The maximum Gasteiger partial charge on any atom is 0.126 e. The van der Waals surface area contributed by atoms with Gasteiger partial charge in [0.25, 0.3) is 0 Å². The molecule has 2 nitrogen and oxygen atoms in total. The highest BCUT2D eigenvalue weighted by atomic mass is 79.9. The van der Waals surface area contributed by atoms with Gasteiger partial charge in [0.2, 0.25) is 0 Å². The summed E-state index contributed by atoms with van der Waals surface area (Å²) in [6, 6.07) is 14.1. The average Bonchev–Trinajstić information content (AvgIpc) is 2.38. The quantitative estimate of drug-likeness (QED) is 0.921. The summed E-state index contributed by atoms with van der Waals surface area (Å²) in [7, 11) is 0. The van der Waals surface area contributed by atoms with Gasteiger partial charge in [0, 0.05) is 17.2 Å². The van der Waals surface area contributed by atoms with Crippen LogP contribution in [0.25, 0.3) is 6.08 Å². The molecule has 0 spiro atoms. The lowest BCUT2D eigenvalue weighted by molar-refractivity contribution is 1.22. The number of anilines is 1. The third-order valence-corrected chi connectivity index (χ3v) is 2.71. The molecule has 0 bridgehead atoms. The minimum Gasteiger partial charge on any atom is -0.367 e. The van der Waals surface area contributed by atoms with Gasteiger partial charge in [-0.2, -0.15) is 0 Å². The molecule has 0 unspecified atom stereocenters. The van der Waals surface area contributed by atoms with Crippen LogP contribution in [-0.4, -0.2) is 11.5 Å². The van der Waals surface area contributed by atoms with E-state index in [1.54, 1.807) is 6.20 Å². The van der Waals surface area contributed by atoms with E-state index in [1.807, 2.05) is 30.3 Å². The number of hydrogen-bond donors (Lipinski definition) is 1. The Morgan fingerprint density at radius 2 is 1.94 bits per heavy atom. The zero-order valence-electron chi connectivity index (χ0n) is 9.31. The molecule has 0 aliphatic rings. The molecular formula is C14H13BrN2. The molecule has 2 aromatic rings. The molecule has 1 aromatic heterocycles. The van der Waals surface area contributed by atoms with Crippen LogP contribution in [0.4, 0.5) is 5.82 Å². The summed E-state index contributed by atoms with van der Waals surface area (Å²) in [6.45, 7) is 0.767. The molecule has 86 valence electrons. The SMILES string of the molecule is Brc1ccc(NC/C=C/c2ccccc2)nc1. The summed E-state index contributed by atoms with van der Waals surface area (Å²) >= 11 is 3.35. The van der Waals surface area contributed by atoms with Crippen molar-refractivity contribution < 1.29 is 0 Å². The Balaban J connectivity index is 1.84. The van der Waals surface area contributed by atoms with Crippen LogP contribution in [0.2, 0.25) is 0 Å². The van der Waals surface area contributed by atoms with E-state index < -0.39 is 0 Å². The van der Waals surface area contributed by atoms with Crippen LogP contribution in [0.15, 0.2) is 59.2 Å². The van der Waals surface area contributed by atoms with Gasteiger partial charge in [-0.25, -0.2) is 4.98 Å². The predicted octanol–water partition coefficient (Wildman–Crippen LogP) is 3.97. The van der Waals surface area contributed by atoms with Crippen LogP contribution in [0, 0.1) is 0 Å². The van der Waals surface area contributed by atoms with E-state index in [0.29, 0.717) is 0 Å². The molecule has 0 fully saturated rings. The highest BCUT2D eigenvalue weighted by Gasteiger charge is 1.90. The van der Waals surface area contributed by atoms with Crippen LogP contribution in [-0.2, 0) is 0 Å². The van der Waals surface area contributed by atoms with Crippen LogP contribution in [0.1, 0.15) is 5.56 Å². The van der Waals surface area contributed by atoms with Gasteiger partial charge in [-0.3, -0.25) is 0 Å². The van der Waals surface area contributed by atoms with Crippen LogP contribution < -0.4 is 5.32 Å². The van der Waals surface area contributed by atoms with Gasteiger partial charge < -0.3 is 5.32 Å². The summed E-state index contributed by atoms with van der Waals surface area (Å²) in [4.78, 5) is 4.23. The Labute approximate surface area is 110 Å². The van der Waals surface area contributed by atoms with Gasteiger partial charge in [-0.05, 0) is 33.6 Å². The number of halogens is 1. The Kier molecular flexibility index (Phi) is 4.33. The van der Waals surface area contributed by atoms with Crippen molar-refractivity contribution in [2.24, 2.45) is 0 Å². The van der Waals surface area contributed by atoms with Crippen molar-refractivity contribution in [1.82, 2.24) is 4.98 Å². The topological polar surface area (TPSA) is 24.9 Å². The van der Waals surface area contributed by atoms with Crippen molar-refractivity contribution in [2.45, 2.75) is 0 Å². The van der Waals surface area contributed by atoms with E-state index in [-0.39, 0.29) is 0 Å². The lowest BCUT2D eigenvalue weighted by Crippen LogP contribution is -1.99. The second kappa shape index (κ2) is 6.21. The molecule has 0 radical (unpaired) electrons. The van der Waals surface area contributed by atoms with Crippen molar-refractivity contribution >= 4 is 27.8 Å². The van der Waals surface area contributed by atoms with E-state index >= 15 is 0 Å². The maximum atomic E-state index is 4.23. The van der Waals surface area contributed by atoms with E-state index in [1.165, 1.54) is 5.56 Å². The van der Waals surface area contributed by atoms with E-state index in [9.17, 15) is 0 Å². The molecule has 1 aromatic carbocycles. The van der Waals surface area contributed by atoms with Gasteiger partial charge in [0.15, 0.2) is 0 Å². The molecule has 0 aliphatic heterocycles. The third-order valence-electron chi connectivity index (χ3n) is 2.24. The molecule has 0 amide bonds. The Hall–Kier alpha value is -1.61. The fourth-order valence-electron chi connectivity index (χ4n) is 1.40. The average molecular weight is 289 g/mol. The maximum absolute atomic E-state index is 4.23. The Morgan fingerprint density at radius 3 is 2.65 bits per heavy atom. The predicted molar refractivity (Wildman–Crippen MR) is 75.9 cm³/mol. The largest absolute Gasteiger partial charge is 0.367 e. The highest BCUT2D eigenvalue weighted by molar-refractivity contribution is 9.10. The second-order valence-corrected chi connectivity index (χ2v) is 4.47. The van der Waals surface area contributed by atoms with E-state index in [2.05, 4.69) is 50.5 Å². The Bertz CT molecular complexity index is 477. The third kappa shape index (κ3) is 4.04. The summed E-state index contributed by atoms with van der Waals surface area (Å²) < 4.78 is 0.989. The number of nitrogens with one attached hydrogen (secondary N) is 1. The minimum atomic E-state index is 0.767. The number of aromatic nitrogens is 1. The molecule has 2 rings (SSSR count). The molecule has 0 saturated carbocycles. The van der Waals surface area contributed by atoms with Gasteiger partial charge >= 0.3 is 0 Å². The van der Waals surface area contributed by atoms with Crippen LogP contribution in [0.3, 0.4) is 0 Å². The fourth-order valence-corrected chi connectivity index (χ4v) is 1.64. The minimum absolute atomic E-state index is 0.767. The van der Waals surface area contributed by atoms with Crippen LogP contribution >= 0.6 is 15.9 Å². The highest BCUT2D eigenvalue weighted by Crippen LogP contribution is 2.10. The number of pyridine rings is 1.